The first-order chi connectivity index (χ1) is 9.93. The summed E-state index contributed by atoms with van der Waals surface area (Å²) in [6, 6.07) is 4.26. The second kappa shape index (κ2) is 8.42. The van der Waals surface area contributed by atoms with E-state index >= 15 is 0 Å². The molecule has 0 saturated heterocycles. The molecule has 0 heterocycles. The lowest BCUT2D eigenvalue weighted by Gasteiger charge is -2.12. The van der Waals surface area contributed by atoms with Gasteiger partial charge in [0.15, 0.2) is 0 Å². The number of benzene rings is 1. The van der Waals surface area contributed by atoms with Gasteiger partial charge in [-0.05, 0) is 24.1 Å². The van der Waals surface area contributed by atoms with Crippen molar-refractivity contribution in [2.24, 2.45) is 5.92 Å². The Morgan fingerprint density at radius 3 is 2.76 bits per heavy atom. The van der Waals surface area contributed by atoms with Crippen molar-refractivity contribution in [2.45, 2.75) is 19.8 Å². The Morgan fingerprint density at radius 2 is 2.19 bits per heavy atom. The molecule has 0 spiro atoms. The summed E-state index contributed by atoms with van der Waals surface area (Å²) in [4.78, 5) is 22.3. The van der Waals surface area contributed by atoms with Crippen LogP contribution in [0.5, 0.6) is 0 Å². The zero-order chi connectivity index (χ0) is 15.8. The van der Waals surface area contributed by atoms with Crippen molar-refractivity contribution in [3.8, 4) is 0 Å². The molecule has 1 atom stereocenters. The van der Waals surface area contributed by atoms with Crippen LogP contribution in [0.2, 0.25) is 5.02 Å². The fraction of sp³-hybridized carbons (Fsp3) is 0.333. The van der Waals surface area contributed by atoms with E-state index in [-0.39, 0.29) is 29.5 Å². The van der Waals surface area contributed by atoms with Crippen LogP contribution in [0.25, 0.3) is 6.08 Å². The lowest BCUT2D eigenvalue weighted by atomic mass is 10.0. The van der Waals surface area contributed by atoms with Crippen LogP contribution in [0.1, 0.15) is 25.3 Å². The van der Waals surface area contributed by atoms with Gasteiger partial charge in [-0.3, -0.25) is 9.59 Å². The van der Waals surface area contributed by atoms with Crippen LogP contribution in [0.15, 0.2) is 24.3 Å². The predicted octanol–water partition coefficient (Wildman–Crippen LogP) is 3.11. The van der Waals surface area contributed by atoms with Gasteiger partial charge in [0.05, 0.1) is 5.02 Å². The average Bonchev–Trinajstić information content (AvgIpc) is 2.42. The minimum absolute atomic E-state index is 0.000361. The molecule has 2 N–H and O–H groups in total. The number of hydrogen-bond acceptors (Lipinski definition) is 2. The third-order valence-electron chi connectivity index (χ3n) is 3.01. The van der Waals surface area contributed by atoms with Gasteiger partial charge in [-0.25, -0.2) is 4.39 Å². The molecule has 6 heteroatoms. The number of nitrogens with one attached hydrogen (secondary N) is 1. The van der Waals surface area contributed by atoms with Gasteiger partial charge < -0.3 is 10.4 Å². The van der Waals surface area contributed by atoms with E-state index in [2.05, 4.69) is 5.32 Å². The van der Waals surface area contributed by atoms with Crippen molar-refractivity contribution in [3.05, 3.63) is 40.7 Å². The molecule has 0 fully saturated rings. The zero-order valence-electron chi connectivity index (χ0n) is 11.6. The number of halogens is 2. The molecule has 0 radical (unpaired) electrons. The second-order valence-corrected chi connectivity index (χ2v) is 4.99. The molecule has 114 valence electrons. The first-order valence-electron chi connectivity index (χ1n) is 6.55. The number of carbonyl (C=O) groups excluding carboxylic acids is 1. The Labute approximate surface area is 127 Å². The Hall–Kier alpha value is -1.88. The molecule has 0 bridgehead atoms. The van der Waals surface area contributed by atoms with Gasteiger partial charge in [-0.2, -0.15) is 0 Å². The molecule has 0 aliphatic heterocycles. The fourth-order valence-electron chi connectivity index (χ4n) is 1.74. The first-order valence-corrected chi connectivity index (χ1v) is 6.93. The van der Waals surface area contributed by atoms with E-state index in [4.69, 9.17) is 16.7 Å². The fourth-order valence-corrected chi connectivity index (χ4v) is 1.97. The summed E-state index contributed by atoms with van der Waals surface area (Å²) in [6.07, 6.45) is 3.12. The van der Waals surface area contributed by atoms with Crippen molar-refractivity contribution < 1.29 is 19.1 Å². The summed E-state index contributed by atoms with van der Waals surface area (Å²) >= 11 is 5.83. The summed E-state index contributed by atoms with van der Waals surface area (Å²) in [5.74, 6) is -1.95. The maximum atomic E-state index is 13.5. The predicted molar refractivity (Wildman–Crippen MR) is 79.5 cm³/mol. The molecule has 1 unspecified atom stereocenters. The molecule has 0 saturated carbocycles. The van der Waals surface area contributed by atoms with Crippen molar-refractivity contribution in [1.29, 1.82) is 0 Å². The number of rotatable bonds is 7. The van der Waals surface area contributed by atoms with E-state index < -0.39 is 17.7 Å². The van der Waals surface area contributed by atoms with Gasteiger partial charge in [0.1, 0.15) is 5.82 Å². The van der Waals surface area contributed by atoms with Crippen molar-refractivity contribution in [2.75, 3.05) is 6.54 Å². The highest BCUT2D eigenvalue weighted by Crippen LogP contribution is 2.20. The Balaban J connectivity index is 2.57. The number of hydrogen-bond donors (Lipinski definition) is 2. The summed E-state index contributed by atoms with van der Waals surface area (Å²) in [6.45, 7) is 2.12. The molecule has 0 aliphatic rings. The maximum absolute atomic E-state index is 13.5. The number of aliphatic carboxylic acids is 1. The lowest BCUT2D eigenvalue weighted by molar-refractivity contribution is -0.138. The van der Waals surface area contributed by atoms with Gasteiger partial charge in [-0.1, -0.05) is 31.0 Å². The van der Waals surface area contributed by atoms with E-state index in [1.54, 1.807) is 0 Å². The van der Waals surface area contributed by atoms with Crippen LogP contribution in [0.4, 0.5) is 4.39 Å². The third kappa shape index (κ3) is 5.95. The first kappa shape index (κ1) is 17.2. The molecule has 4 nitrogen and oxygen atoms in total. The SMILES string of the molecule is CCC(CNC(=O)/C=C/c1c(F)cccc1Cl)CC(=O)O. The summed E-state index contributed by atoms with van der Waals surface area (Å²) in [5, 5.41) is 11.5. The summed E-state index contributed by atoms with van der Waals surface area (Å²) in [5.41, 5.74) is 0.145. The minimum Gasteiger partial charge on any atom is -0.481 e. The molecule has 0 aliphatic carbocycles. The molecular weight excluding hydrogens is 297 g/mol. The van der Waals surface area contributed by atoms with Gasteiger partial charge in [-0.15, -0.1) is 0 Å². The molecule has 21 heavy (non-hydrogen) atoms. The number of amides is 1. The summed E-state index contributed by atoms with van der Waals surface area (Å²) < 4.78 is 13.5. The highest BCUT2D eigenvalue weighted by atomic mass is 35.5. The Morgan fingerprint density at radius 1 is 1.48 bits per heavy atom. The highest BCUT2D eigenvalue weighted by Gasteiger charge is 2.11. The highest BCUT2D eigenvalue weighted by molar-refractivity contribution is 6.32. The smallest absolute Gasteiger partial charge is 0.303 e. The van der Waals surface area contributed by atoms with Crippen LogP contribution in [-0.2, 0) is 9.59 Å². The van der Waals surface area contributed by atoms with Gasteiger partial charge in [0.2, 0.25) is 5.91 Å². The number of carboxylic acid groups (broad SMARTS) is 1. The van der Waals surface area contributed by atoms with Crippen LogP contribution in [-0.4, -0.2) is 23.5 Å². The topological polar surface area (TPSA) is 66.4 Å². The van der Waals surface area contributed by atoms with Gasteiger partial charge in [0.25, 0.3) is 0 Å². The van der Waals surface area contributed by atoms with Crippen LogP contribution in [0, 0.1) is 11.7 Å². The normalized spacial score (nSPS) is 12.3. The lowest BCUT2D eigenvalue weighted by Crippen LogP contribution is -2.28. The maximum Gasteiger partial charge on any atom is 0.303 e. The van der Waals surface area contributed by atoms with Crippen LogP contribution in [0.3, 0.4) is 0 Å². The van der Waals surface area contributed by atoms with E-state index in [0.29, 0.717) is 6.42 Å². The minimum atomic E-state index is -0.898. The van der Waals surface area contributed by atoms with Crippen molar-refractivity contribution in [3.63, 3.8) is 0 Å². The quantitative estimate of drug-likeness (QED) is 0.760. The second-order valence-electron chi connectivity index (χ2n) is 4.59. The standard InChI is InChI=1S/C15H17ClFNO3/c1-2-10(8-15(20)21)9-18-14(19)7-6-11-12(16)4-3-5-13(11)17/h3-7,10H,2,8-9H2,1H3,(H,18,19)(H,20,21)/b7-6+. The van der Waals surface area contributed by atoms with Crippen LogP contribution < -0.4 is 5.32 Å². The van der Waals surface area contributed by atoms with Crippen LogP contribution >= 0.6 is 11.6 Å². The van der Waals surface area contributed by atoms with Crippen molar-refractivity contribution in [1.82, 2.24) is 5.32 Å². The van der Waals surface area contributed by atoms with Gasteiger partial charge in [0, 0.05) is 24.6 Å². The van der Waals surface area contributed by atoms with E-state index in [1.165, 1.54) is 30.4 Å². The van der Waals surface area contributed by atoms with Gasteiger partial charge >= 0.3 is 5.97 Å². The Kier molecular flexibility index (Phi) is 6.88. The molecule has 1 amide bonds. The number of carbonyl (C=O) groups is 2. The molecular formula is C15H17ClFNO3. The number of carboxylic acids is 1. The van der Waals surface area contributed by atoms with Crippen molar-refractivity contribution >= 4 is 29.6 Å². The van der Waals surface area contributed by atoms with E-state index in [9.17, 15) is 14.0 Å². The molecule has 1 rings (SSSR count). The average molecular weight is 314 g/mol. The van der Waals surface area contributed by atoms with E-state index in [1.807, 2.05) is 6.92 Å². The largest absolute Gasteiger partial charge is 0.481 e. The molecule has 0 aromatic heterocycles. The monoisotopic (exact) mass is 313 g/mol. The third-order valence-corrected chi connectivity index (χ3v) is 3.34. The molecule has 1 aromatic rings. The Bertz CT molecular complexity index is 525. The zero-order valence-corrected chi connectivity index (χ0v) is 12.4. The van der Waals surface area contributed by atoms with E-state index in [0.717, 1.165) is 0 Å². The molecule has 1 aromatic carbocycles. The summed E-state index contributed by atoms with van der Waals surface area (Å²) in [7, 11) is 0.